The molecule has 1 heterocycles. The van der Waals surface area contributed by atoms with E-state index in [1.54, 1.807) is 0 Å². The summed E-state index contributed by atoms with van der Waals surface area (Å²) in [4.78, 5) is 60.9. The largest absolute Gasteiger partial charge is 0.497 e. The van der Waals surface area contributed by atoms with Crippen LogP contribution in [-0.2, 0) is 23.9 Å². The zero-order chi connectivity index (χ0) is 22.3. The quantitative estimate of drug-likeness (QED) is 0.292. The molecular weight excluding hydrogens is 410 g/mol. The second-order valence-electron chi connectivity index (χ2n) is 8.00. The van der Waals surface area contributed by atoms with Gasteiger partial charge in [0.15, 0.2) is 6.61 Å². The van der Waals surface area contributed by atoms with Crippen LogP contribution in [0.4, 0.5) is 11.4 Å². The molecule has 2 saturated carbocycles. The number of amides is 3. The summed E-state index contributed by atoms with van der Waals surface area (Å²) < 4.78 is 9.87. The molecule has 31 heavy (non-hydrogen) atoms. The third-order valence-corrected chi connectivity index (χ3v) is 6.34. The summed E-state index contributed by atoms with van der Waals surface area (Å²) in [5.74, 6) is -2.35. The number of rotatable bonds is 7. The minimum atomic E-state index is -0.899. The number of nitrogens with zero attached hydrogens (tertiary/aromatic N) is 2. The molecule has 0 radical (unpaired) electrons. The Hall–Kier alpha value is -3.50. The van der Waals surface area contributed by atoms with Crippen molar-refractivity contribution in [3.8, 4) is 5.75 Å². The van der Waals surface area contributed by atoms with Gasteiger partial charge in [-0.2, -0.15) is 0 Å². The highest BCUT2D eigenvalue weighted by Crippen LogP contribution is 2.56. The van der Waals surface area contributed by atoms with Gasteiger partial charge >= 0.3 is 5.97 Å². The van der Waals surface area contributed by atoms with E-state index in [2.05, 4.69) is 5.32 Å². The Morgan fingerprint density at radius 3 is 2.42 bits per heavy atom. The van der Waals surface area contributed by atoms with E-state index in [9.17, 15) is 29.3 Å². The third-order valence-electron chi connectivity index (χ3n) is 6.34. The Bertz CT molecular complexity index is 949. The predicted molar refractivity (Wildman–Crippen MR) is 104 cm³/mol. The molecule has 0 aromatic heterocycles. The number of carbonyl (C=O) groups excluding carboxylic acids is 4. The van der Waals surface area contributed by atoms with E-state index in [1.165, 1.54) is 25.3 Å². The van der Waals surface area contributed by atoms with Crippen LogP contribution in [0, 0.1) is 33.8 Å². The molecule has 0 unspecified atom stereocenters. The number of methoxy groups -OCH3 is 1. The van der Waals surface area contributed by atoms with Gasteiger partial charge in [-0.1, -0.05) is 0 Å². The van der Waals surface area contributed by atoms with Crippen LogP contribution in [0.1, 0.15) is 19.3 Å². The lowest BCUT2D eigenvalue weighted by atomic mass is 9.81. The van der Waals surface area contributed by atoms with Gasteiger partial charge in [-0.3, -0.25) is 34.2 Å². The summed E-state index contributed by atoms with van der Waals surface area (Å²) in [5.41, 5.74) is -0.464. The van der Waals surface area contributed by atoms with Crippen molar-refractivity contribution in [2.24, 2.45) is 23.7 Å². The van der Waals surface area contributed by atoms with Crippen molar-refractivity contribution in [2.75, 3.05) is 25.6 Å². The SMILES string of the molecule is COc1ccc([N+](=O)[O-])c(NC(=O)COC(=O)CN2C(=O)[C@H]3[C@H]4CC[C@@H](C4)[C@@H]3C2=O)c1. The van der Waals surface area contributed by atoms with E-state index >= 15 is 0 Å². The van der Waals surface area contributed by atoms with E-state index in [4.69, 9.17) is 9.47 Å². The van der Waals surface area contributed by atoms with E-state index in [-0.39, 0.29) is 46.9 Å². The van der Waals surface area contributed by atoms with Crippen molar-refractivity contribution in [2.45, 2.75) is 19.3 Å². The molecule has 3 aliphatic rings. The highest BCUT2D eigenvalue weighted by molar-refractivity contribution is 6.08. The van der Waals surface area contributed by atoms with Crippen molar-refractivity contribution in [1.29, 1.82) is 0 Å². The second kappa shape index (κ2) is 7.97. The lowest BCUT2D eigenvalue weighted by Crippen LogP contribution is -2.38. The first-order valence-electron chi connectivity index (χ1n) is 9.93. The van der Waals surface area contributed by atoms with Crippen LogP contribution in [0.15, 0.2) is 18.2 Å². The highest BCUT2D eigenvalue weighted by atomic mass is 16.6. The van der Waals surface area contributed by atoms with E-state index in [0.717, 1.165) is 24.2 Å². The van der Waals surface area contributed by atoms with Gasteiger partial charge in [0.2, 0.25) is 11.8 Å². The van der Waals surface area contributed by atoms with Crippen molar-refractivity contribution in [1.82, 2.24) is 4.90 Å². The lowest BCUT2D eigenvalue weighted by molar-refractivity contribution is -0.383. The zero-order valence-electron chi connectivity index (χ0n) is 16.7. The fourth-order valence-corrected chi connectivity index (χ4v) is 5.03. The van der Waals surface area contributed by atoms with Gasteiger partial charge in [-0.25, -0.2) is 0 Å². The average molecular weight is 431 g/mol. The Labute approximate surface area is 176 Å². The molecule has 3 fully saturated rings. The summed E-state index contributed by atoms with van der Waals surface area (Å²) in [5, 5.41) is 13.4. The first-order chi connectivity index (χ1) is 14.8. The van der Waals surface area contributed by atoms with Gasteiger partial charge < -0.3 is 14.8 Å². The van der Waals surface area contributed by atoms with Gasteiger partial charge in [0.25, 0.3) is 11.6 Å². The van der Waals surface area contributed by atoms with E-state index in [0.29, 0.717) is 5.75 Å². The first kappa shape index (κ1) is 20.8. The number of anilines is 1. The van der Waals surface area contributed by atoms with Gasteiger partial charge in [-0.15, -0.1) is 0 Å². The molecular formula is C20H21N3O8. The predicted octanol–water partition coefficient (Wildman–Crippen LogP) is 1.12. The minimum Gasteiger partial charge on any atom is -0.497 e. The topological polar surface area (TPSA) is 145 Å². The number of ether oxygens (including phenoxy) is 2. The second-order valence-corrected chi connectivity index (χ2v) is 8.00. The molecule has 1 aromatic rings. The molecule has 4 atom stereocenters. The molecule has 11 nitrogen and oxygen atoms in total. The van der Waals surface area contributed by atoms with Crippen LogP contribution in [-0.4, -0.2) is 53.8 Å². The van der Waals surface area contributed by atoms with Gasteiger partial charge in [0.05, 0.1) is 23.9 Å². The van der Waals surface area contributed by atoms with Crippen LogP contribution in [0.25, 0.3) is 0 Å². The number of benzene rings is 1. The minimum absolute atomic E-state index is 0.112. The van der Waals surface area contributed by atoms with Gasteiger partial charge in [-0.05, 0) is 37.2 Å². The normalized spacial score (nSPS) is 26.0. The number of esters is 1. The molecule has 11 heteroatoms. The number of likely N-dealkylation sites (tertiary alicyclic amines) is 1. The fraction of sp³-hybridized carbons (Fsp3) is 0.500. The van der Waals surface area contributed by atoms with Crippen molar-refractivity contribution in [3.63, 3.8) is 0 Å². The molecule has 1 N–H and O–H groups in total. The van der Waals surface area contributed by atoms with Gasteiger partial charge in [0.1, 0.15) is 18.0 Å². The monoisotopic (exact) mass is 431 g/mol. The smallest absolute Gasteiger partial charge is 0.326 e. The Morgan fingerprint density at radius 2 is 1.84 bits per heavy atom. The third kappa shape index (κ3) is 3.71. The zero-order valence-corrected chi connectivity index (χ0v) is 16.7. The number of nitro benzene ring substituents is 1. The van der Waals surface area contributed by atoms with Crippen LogP contribution >= 0.6 is 0 Å². The maximum atomic E-state index is 12.6. The number of nitrogens with one attached hydrogen (secondary N) is 1. The van der Waals surface area contributed by atoms with Gasteiger partial charge in [0, 0.05) is 12.1 Å². The summed E-state index contributed by atoms with van der Waals surface area (Å²) in [6.45, 7) is -1.27. The van der Waals surface area contributed by atoms with Crippen molar-refractivity contribution < 1.29 is 33.6 Å². The Kier molecular flexibility index (Phi) is 5.34. The molecule has 0 spiro atoms. The number of hydrogen-bond acceptors (Lipinski definition) is 8. The van der Waals surface area contributed by atoms with Crippen molar-refractivity contribution in [3.05, 3.63) is 28.3 Å². The van der Waals surface area contributed by atoms with Crippen LogP contribution in [0.2, 0.25) is 0 Å². The van der Waals surface area contributed by atoms with Crippen LogP contribution < -0.4 is 10.1 Å². The molecule has 3 amide bonds. The highest BCUT2D eigenvalue weighted by Gasteiger charge is 2.61. The van der Waals surface area contributed by atoms with E-state index < -0.39 is 30.0 Å². The molecule has 1 aromatic carbocycles. The summed E-state index contributed by atoms with van der Waals surface area (Å²) in [6, 6.07) is 3.82. The molecule has 164 valence electrons. The molecule has 2 aliphatic carbocycles. The number of fused-ring (bicyclic) bond motifs is 5. The maximum Gasteiger partial charge on any atom is 0.326 e. The number of carbonyl (C=O) groups is 4. The summed E-state index contributed by atoms with van der Waals surface area (Å²) in [6.07, 6.45) is 2.75. The number of imide groups is 1. The molecule has 1 aliphatic heterocycles. The van der Waals surface area contributed by atoms with Crippen LogP contribution in [0.5, 0.6) is 5.75 Å². The summed E-state index contributed by atoms with van der Waals surface area (Å²) in [7, 11) is 1.37. The number of hydrogen-bond donors (Lipinski definition) is 1. The Balaban J connectivity index is 1.33. The van der Waals surface area contributed by atoms with Crippen LogP contribution in [0.3, 0.4) is 0 Å². The van der Waals surface area contributed by atoms with Crippen molar-refractivity contribution >= 4 is 35.1 Å². The molecule has 2 bridgehead atoms. The number of nitro groups is 1. The maximum absolute atomic E-state index is 12.6. The standard InChI is InChI=1S/C20H21N3O8/c1-30-12-4-5-14(23(28)29)13(7-12)21-15(24)9-31-16(25)8-22-19(26)17-10-2-3-11(6-10)18(17)20(22)27/h4-5,7,10-11,17-18H,2-3,6,8-9H2,1H3,(H,21,24)/t10-,11-,17-,18-/m0/s1. The first-order valence-corrected chi connectivity index (χ1v) is 9.93. The summed E-state index contributed by atoms with van der Waals surface area (Å²) >= 11 is 0. The lowest BCUT2D eigenvalue weighted by Gasteiger charge is -2.19. The molecule has 1 saturated heterocycles. The average Bonchev–Trinajstić information content (AvgIpc) is 3.42. The van der Waals surface area contributed by atoms with E-state index in [1.807, 2.05) is 0 Å². The molecule has 4 rings (SSSR count). The fourth-order valence-electron chi connectivity index (χ4n) is 5.03. The Morgan fingerprint density at radius 1 is 1.19 bits per heavy atom.